The van der Waals surface area contributed by atoms with Gasteiger partial charge in [0.2, 0.25) is 0 Å². The summed E-state index contributed by atoms with van der Waals surface area (Å²) in [5.74, 6) is 0.101. The Labute approximate surface area is 103 Å². The van der Waals surface area contributed by atoms with Gasteiger partial charge in [-0.05, 0) is 23.6 Å². The molecule has 17 heavy (non-hydrogen) atoms. The number of carbonyl (C=O) groups excluding carboxylic acids is 1. The first-order chi connectivity index (χ1) is 8.27. The Morgan fingerprint density at radius 1 is 1.24 bits per heavy atom. The van der Waals surface area contributed by atoms with Crippen LogP contribution >= 0.6 is 11.3 Å². The van der Waals surface area contributed by atoms with E-state index in [0.29, 0.717) is 10.6 Å². The van der Waals surface area contributed by atoms with Gasteiger partial charge >= 0.3 is 0 Å². The minimum Gasteiger partial charge on any atom is -0.506 e. The Morgan fingerprint density at radius 3 is 2.76 bits per heavy atom. The summed E-state index contributed by atoms with van der Waals surface area (Å²) in [6.07, 6.45) is 2.97. The van der Waals surface area contributed by atoms with E-state index in [9.17, 15) is 9.90 Å². The van der Waals surface area contributed by atoms with E-state index in [1.807, 2.05) is 11.4 Å². The molecule has 1 aromatic heterocycles. The molecule has 0 bridgehead atoms. The maximum absolute atomic E-state index is 11.6. The first-order valence-corrected chi connectivity index (χ1v) is 5.94. The zero-order valence-corrected chi connectivity index (χ0v) is 9.78. The second-order valence-electron chi connectivity index (χ2n) is 3.34. The summed E-state index contributed by atoms with van der Waals surface area (Å²) >= 11 is 1.40. The molecule has 2 aromatic rings. The van der Waals surface area contributed by atoms with Gasteiger partial charge in [0.05, 0.1) is 10.6 Å². The summed E-state index contributed by atoms with van der Waals surface area (Å²) in [5, 5.41) is 14.2. The highest BCUT2D eigenvalue weighted by Gasteiger charge is 2.01. The van der Waals surface area contributed by atoms with Crippen molar-refractivity contribution in [1.29, 1.82) is 0 Å². The standard InChI is InChI=1S/C13H11NO2S/c15-11-5-2-1-4-10(11)14-8-7-12(16)13-6-3-9-17-13/h1-9,14-15H/b8-7+. The number of anilines is 1. The number of carbonyl (C=O) groups is 1. The predicted molar refractivity (Wildman–Crippen MR) is 69.5 cm³/mol. The summed E-state index contributed by atoms with van der Waals surface area (Å²) in [6.45, 7) is 0. The van der Waals surface area contributed by atoms with E-state index >= 15 is 0 Å². The maximum atomic E-state index is 11.6. The van der Waals surface area contributed by atoms with Crippen molar-refractivity contribution in [3.8, 4) is 5.75 Å². The molecule has 0 amide bonds. The van der Waals surface area contributed by atoms with E-state index in [4.69, 9.17) is 0 Å². The first kappa shape index (κ1) is 11.4. The molecule has 1 heterocycles. The molecule has 2 rings (SSSR count). The van der Waals surface area contributed by atoms with Crippen LogP contribution in [0.25, 0.3) is 0 Å². The average Bonchev–Trinajstić information content (AvgIpc) is 2.85. The summed E-state index contributed by atoms with van der Waals surface area (Å²) in [6, 6.07) is 10.5. The molecule has 0 spiro atoms. The zero-order chi connectivity index (χ0) is 12.1. The first-order valence-electron chi connectivity index (χ1n) is 5.06. The van der Waals surface area contributed by atoms with Crippen molar-refractivity contribution in [2.75, 3.05) is 5.32 Å². The number of para-hydroxylation sites is 2. The summed E-state index contributed by atoms with van der Waals surface area (Å²) in [5.41, 5.74) is 0.572. The van der Waals surface area contributed by atoms with Crippen molar-refractivity contribution in [1.82, 2.24) is 0 Å². The third-order valence-electron chi connectivity index (χ3n) is 2.14. The molecule has 2 N–H and O–H groups in total. The van der Waals surface area contributed by atoms with E-state index < -0.39 is 0 Å². The van der Waals surface area contributed by atoms with Crippen LogP contribution in [0.5, 0.6) is 5.75 Å². The maximum Gasteiger partial charge on any atom is 0.197 e. The molecule has 0 atom stereocenters. The van der Waals surface area contributed by atoms with Crippen molar-refractivity contribution in [3.05, 3.63) is 58.9 Å². The Morgan fingerprint density at radius 2 is 2.06 bits per heavy atom. The van der Waals surface area contributed by atoms with Crippen LogP contribution in [0.3, 0.4) is 0 Å². The molecule has 4 heteroatoms. The van der Waals surface area contributed by atoms with Gasteiger partial charge in [-0.25, -0.2) is 0 Å². The third kappa shape index (κ3) is 2.95. The Bertz CT molecular complexity index is 532. The second kappa shape index (κ2) is 5.32. The van der Waals surface area contributed by atoms with E-state index in [1.54, 1.807) is 30.3 Å². The van der Waals surface area contributed by atoms with E-state index in [2.05, 4.69) is 5.32 Å². The fourth-order valence-electron chi connectivity index (χ4n) is 1.30. The molecule has 0 aliphatic carbocycles. The van der Waals surface area contributed by atoms with Gasteiger partial charge in [-0.1, -0.05) is 18.2 Å². The zero-order valence-electron chi connectivity index (χ0n) is 8.96. The fraction of sp³-hybridized carbons (Fsp3) is 0. The Balaban J connectivity index is 1.99. The van der Waals surface area contributed by atoms with Gasteiger partial charge in [-0.15, -0.1) is 11.3 Å². The summed E-state index contributed by atoms with van der Waals surface area (Å²) in [4.78, 5) is 12.3. The number of hydrogen-bond donors (Lipinski definition) is 2. The van der Waals surface area contributed by atoms with Crippen LogP contribution in [-0.2, 0) is 0 Å². The number of benzene rings is 1. The molecular formula is C13H11NO2S. The lowest BCUT2D eigenvalue weighted by Crippen LogP contribution is -1.93. The quantitative estimate of drug-likeness (QED) is 0.494. The number of allylic oxidation sites excluding steroid dienone is 1. The summed E-state index contributed by atoms with van der Waals surface area (Å²) < 4.78 is 0. The van der Waals surface area contributed by atoms with Crippen LogP contribution < -0.4 is 5.32 Å². The summed E-state index contributed by atoms with van der Waals surface area (Å²) in [7, 11) is 0. The van der Waals surface area contributed by atoms with Crippen LogP contribution in [0.4, 0.5) is 5.69 Å². The normalized spacial score (nSPS) is 10.6. The van der Waals surface area contributed by atoms with Gasteiger partial charge in [0.15, 0.2) is 5.78 Å². The minimum absolute atomic E-state index is 0.0529. The molecule has 0 saturated heterocycles. The molecule has 0 fully saturated rings. The molecule has 0 aliphatic rings. The monoisotopic (exact) mass is 245 g/mol. The lowest BCUT2D eigenvalue weighted by molar-refractivity contribution is 0.105. The van der Waals surface area contributed by atoms with Crippen molar-refractivity contribution in [2.24, 2.45) is 0 Å². The average molecular weight is 245 g/mol. The topological polar surface area (TPSA) is 49.3 Å². The number of phenols is 1. The van der Waals surface area contributed by atoms with Crippen LogP contribution in [0.15, 0.2) is 54.1 Å². The lowest BCUT2D eigenvalue weighted by Gasteiger charge is -2.02. The molecule has 0 radical (unpaired) electrons. The SMILES string of the molecule is O=C(/C=C/Nc1ccccc1O)c1cccs1. The van der Waals surface area contributed by atoms with Gasteiger partial charge in [-0.3, -0.25) is 4.79 Å². The fourth-order valence-corrected chi connectivity index (χ4v) is 1.95. The second-order valence-corrected chi connectivity index (χ2v) is 4.28. The molecule has 0 unspecified atom stereocenters. The van der Waals surface area contributed by atoms with Gasteiger partial charge in [-0.2, -0.15) is 0 Å². The number of hydrogen-bond acceptors (Lipinski definition) is 4. The van der Waals surface area contributed by atoms with E-state index in [0.717, 1.165) is 0 Å². The van der Waals surface area contributed by atoms with Gasteiger partial charge < -0.3 is 10.4 Å². The Hall–Kier alpha value is -2.07. The van der Waals surface area contributed by atoms with Gasteiger partial charge in [0.25, 0.3) is 0 Å². The highest BCUT2D eigenvalue weighted by atomic mass is 32.1. The molecule has 0 saturated carbocycles. The smallest absolute Gasteiger partial charge is 0.197 e. The van der Waals surface area contributed by atoms with Crippen LogP contribution in [0.1, 0.15) is 9.67 Å². The molecular weight excluding hydrogens is 234 g/mol. The number of thiophene rings is 1. The number of ketones is 1. The van der Waals surface area contributed by atoms with Gasteiger partial charge in [0.1, 0.15) is 5.75 Å². The van der Waals surface area contributed by atoms with Crippen molar-refractivity contribution >= 4 is 22.8 Å². The largest absolute Gasteiger partial charge is 0.506 e. The van der Waals surface area contributed by atoms with E-state index in [1.165, 1.54) is 23.6 Å². The lowest BCUT2D eigenvalue weighted by atomic mass is 10.3. The van der Waals surface area contributed by atoms with Crippen LogP contribution in [0.2, 0.25) is 0 Å². The molecule has 0 aliphatic heterocycles. The third-order valence-corrected chi connectivity index (χ3v) is 3.03. The van der Waals surface area contributed by atoms with Gasteiger partial charge in [0, 0.05) is 12.3 Å². The Kier molecular flexibility index (Phi) is 3.57. The number of nitrogens with one attached hydrogen (secondary N) is 1. The van der Waals surface area contributed by atoms with Crippen LogP contribution in [0, 0.1) is 0 Å². The molecule has 3 nitrogen and oxygen atoms in total. The highest BCUT2D eigenvalue weighted by Crippen LogP contribution is 2.21. The molecule has 1 aromatic carbocycles. The highest BCUT2D eigenvalue weighted by molar-refractivity contribution is 7.12. The van der Waals surface area contributed by atoms with E-state index in [-0.39, 0.29) is 11.5 Å². The number of aromatic hydroxyl groups is 1. The minimum atomic E-state index is -0.0529. The van der Waals surface area contributed by atoms with Crippen molar-refractivity contribution in [3.63, 3.8) is 0 Å². The number of phenolic OH excluding ortho intramolecular Hbond substituents is 1. The van der Waals surface area contributed by atoms with Crippen LogP contribution in [-0.4, -0.2) is 10.9 Å². The van der Waals surface area contributed by atoms with Crippen molar-refractivity contribution < 1.29 is 9.90 Å². The number of rotatable bonds is 4. The molecule has 86 valence electrons. The van der Waals surface area contributed by atoms with Crippen molar-refractivity contribution in [2.45, 2.75) is 0 Å². The predicted octanol–water partition coefficient (Wildman–Crippen LogP) is 3.26.